The van der Waals surface area contributed by atoms with Gasteiger partial charge in [0.2, 0.25) is 10.0 Å². The van der Waals surface area contributed by atoms with Gasteiger partial charge < -0.3 is 0 Å². The van der Waals surface area contributed by atoms with Crippen LogP contribution in [0.3, 0.4) is 0 Å². The summed E-state index contributed by atoms with van der Waals surface area (Å²) in [6, 6.07) is 8.48. The van der Waals surface area contributed by atoms with Gasteiger partial charge >= 0.3 is 0 Å². The second-order valence-electron chi connectivity index (χ2n) is 9.85. The van der Waals surface area contributed by atoms with Gasteiger partial charge in [-0.15, -0.1) is 0 Å². The van der Waals surface area contributed by atoms with Crippen molar-refractivity contribution in [2.24, 2.45) is 5.92 Å². The lowest BCUT2D eigenvalue weighted by molar-refractivity contribution is 0.291. The molecule has 7 heteroatoms. The van der Waals surface area contributed by atoms with Gasteiger partial charge in [-0.05, 0) is 57.8 Å². The van der Waals surface area contributed by atoms with Crippen LogP contribution >= 0.6 is 0 Å². The summed E-state index contributed by atoms with van der Waals surface area (Å²) < 4.78 is 41.1. The predicted octanol–water partition coefficient (Wildman–Crippen LogP) is 4.11. The van der Waals surface area contributed by atoms with Crippen LogP contribution in [0.2, 0.25) is 0 Å². The summed E-state index contributed by atoms with van der Waals surface area (Å²) in [4.78, 5) is 2.69. The monoisotopic (exact) mass is 492 g/mol. The van der Waals surface area contributed by atoms with Crippen LogP contribution in [0.15, 0.2) is 47.4 Å². The van der Waals surface area contributed by atoms with Gasteiger partial charge in [0.1, 0.15) is 0 Å². The Morgan fingerprint density at radius 1 is 1.18 bits per heavy atom. The molecule has 0 bridgehead atoms. The minimum absolute atomic E-state index is 0.0519. The largest absolute Gasteiger partial charge is 0.297 e. The van der Waals surface area contributed by atoms with Gasteiger partial charge in [0.25, 0.3) is 0 Å². The number of nitrogens with one attached hydrogen (secondary N) is 1. The van der Waals surface area contributed by atoms with Crippen LogP contribution in [0.5, 0.6) is 0 Å². The molecule has 5 nitrogen and oxygen atoms in total. The van der Waals surface area contributed by atoms with E-state index in [4.69, 9.17) is 0 Å². The van der Waals surface area contributed by atoms with E-state index in [2.05, 4.69) is 39.8 Å². The summed E-state index contributed by atoms with van der Waals surface area (Å²) >= 11 is 0. The van der Waals surface area contributed by atoms with Crippen molar-refractivity contribution in [2.45, 2.75) is 65.0 Å². The van der Waals surface area contributed by atoms with Crippen LogP contribution in [0.25, 0.3) is 0 Å². The first kappa shape index (κ1) is 26.2. The highest BCUT2D eigenvalue weighted by atomic mass is 32.2. The molecule has 0 unspecified atom stereocenters. The number of allylic oxidation sites excluding steroid dienone is 3. The molecule has 2 fully saturated rings. The maximum Gasteiger partial charge on any atom is 0.240 e. The van der Waals surface area contributed by atoms with Gasteiger partial charge in [-0.1, -0.05) is 69.5 Å². The van der Waals surface area contributed by atoms with Crippen LogP contribution in [-0.2, 0) is 32.5 Å². The molecular weight excluding hydrogens is 452 g/mol. The summed E-state index contributed by atoms with van der Waals surface area (Å²) in [6.07, 6.45) is 11.4. The number of hydrogen-bond donors (Lipinski definition) is 1. The minimum Gasteiger partial charge on any atom is -0.297 e. The van der Waals surface area contributed by atoms with Crippen molar-refractivity contribution in [1.29, 1.82) is 0 Å². The molecule has 2 aliphatic rings. The molecule has 184 valence electrons. The van der Waals surface area contributed by atoms with Gasteiger partial charge in [0.05, 0.1) is 4.91 Å². The number of rotatable bonds is 9. The maximum atomic E-state index is 13.0. The summed E-state index contributed by atoms with van der Waals surface area (Å²) in [5.74, 6) is 5.33. The molecule has 1 aliphatic heterocycles. The highest BCUT2D eigenvalue weighted by molar-refractivity contribution is 8.00. The lowest BCUT2D eigenvalue weighted by Gasteiger charge is -2.28. The van der Waals surface area contributed by atoms with E-state index in [1.807, 2.05) is 26.0 Å². The minimum atomic E-state index is -3.52. The Morgan fingerprint density at radius 2 is 1.85 bits per heavy atom. The van der Waals surface area contributed by atoms with Gasteiger partial charge in [-0.25, -0.2) is 13.1 Å². The number of sulfonamides is 1. The molecule has 0 aromatic heterocycles. The van der Waals surface area contributed by atoms with Gasteiger partial charge in [0, 0.05) is 37.2 Å². The Labute approximate surface area is 201 Å². The first-order valence-electron chi connectivity index (χ1n) is 12.2. The zero-order valence-corrected chi connectivity index (χ0v) is 21.8. The standard InChI is InChI=1S/C26H40N2O3S2/c1-22(2)19-26(33(30,31)27-25-12-5-4-6-13-25)14-8-10-23-9-7-11-24(20-23)21-28-15-17-32(3,29)18-16-28/h7-9,11,14,19-20,22,25,27H,3-6,10,12-13,15-18,21H2,1-2H3/b14-8-,26-19+. The second kappa shape index (κ2) is 11.8. The van der Waals surface area contributed by atoms with Crippen molar-refractivity contribution in [3.63, 3.8) is 0 Å². The zero-order valence-electron chi connectivity index (χ0n) is 20.2. The van der Waals surface area contributed by atoms with Crippen LogP contribution in [0, 0.1) is 5.92 Å². The van der Waals surface area contributed by atoms with Crippen molar-refractivity contribution in [3.8, 4) is 0 Å². The summed E-state index contributed by atoms with van der Waals surface area (Å²) in [5.41, 5.74) is 2.38. The summed E-state index contributed by atoms with van der Waals surface area (Å²) in [6.45, 7) is 6.48. The van der Waals surface area contributed by atoms with E-state index < -0.39 is 19.5 Å². The molecule has 0 atom stereocenters. The van der Waals surface area contributed by atoms with E-state index in [0.29, 0.717) is 22.8 Å². The van der Waals surface area contributed by atoms with E-state index in [-0.39, 0.29) is 12.0 Å². The van der Waals surface area contributed by atoms with Crippen molar-refractivity contribution < 1.29 is 12.6 Å². The SMILES string of the molecule is C=S1(=O)CCN(Cc2cccc(C/C=C\C(=C/C(C)C)S(=O)(=O)NC3CCCCC3)c2)CC1. The Morgan fingerprint density at radius 3 is 2.52 bits per heavy atom. The van der Waals surface area contributed by atoms with Crippen LogP contribution in [0.4, 0.5) is 0 Å². The molecule has 1 saturated carbocycles. The lowest BCUT2D eigenvalue weighted by atomic mass is 9.96. The Balaban J connectivity index is 1.63. The first-order chi connectivity index (χ1) is 15.6. The highest BCUT2D eigenvalue weighted by Gasteiger charge is 2.22. The van der Waals surface area contributed by atoms with E-state index in [1.54, 1.807) is 6.08 Å². The molecule has 0 spiro atoms. The predicted molar refractivity (Wildman–Crippen MR) is 141 cm³/mol. The van der Waals surface area contributed by atoms with E-state index in [0.717, 1.165) is 50.9 Å². The molecule has 0 radical (unpaired) electrons. The molecular formula is C26H40N2O3S2. The fourth-order valence-electron chi connectivity index (χ4n) is 4.46. The van der Waals surface area contributed by atoms with Crippen molar-refractivity contribution >= 4 is 25.4 Å². The van der Waals surface area contributed by atoms with Crippen LogP contribution in [0.1, 0.15) is 57.1 Å². The molecule has 1 saturated heterocycles. The Kier molecular flexibility index (Phi) is 9.39. The van der Waals surface area contributed by atoms with E-state index in [9.17, 15) is 12.6 Å². The quantitative estimate of drug-likeness (QED) is 0.416. The Bertz CT molecular complexity index is 1040. The third-order valence-electron chi connectivity index (χ3n) is 6.33. The average Bonchev–Trinajstić information content (AvgIpc) is 2.75. The zero-order chi connectivity index (χ0) is 23.9. The molecule has 1 heterocycles. The van der Waals surface area contributed by atoms with Crippen LogP contribution in [-0.4, -0.2) is 54.0 Å². The average molecular weight is 493 g/mol. The molecule has 3 rings (SSSR count). The first-order valence-corrected chi connectivity index (χ1v) is 15.7. The van der Waals surface area contributed by atoms with Crippen molar-refractivity contribution in [2.75, 3.05) is 24.6 Å². The van der Waals surface area contributed by atoms with E-state index in [1.165, 1.54) is 12.0 Å². The third kappa shape index (κ3) is 8.71. The molecule has 1 aromatic carbocycles. The van der Waals surface area contributed by atoms with Crippen molar-refractivity contribution in [1.82, 2.24) is 9.62 Å². The summed E-state index contributed by atoms with van der Waals surface area (Å²) in [7, 11) is -5.40. The number of hydrogen-bond acceptors (Lipinski definition) is 4. The second-order valence-corrected chi connectivity index (χ2v) is 14.3. The van der Waals surface area contributed by atoms with Gasteiger partial charge in [-0.2, -0.15) is 0 Å². The lowest BCUT2D eigenvalue weighted by Crippen LogP contribution is -2.39. The van der Waals surface area contributed by atoms with Crippen LogP contribution < -0.4 is 4.72 Å². The normalized spacial score (nSPS) is 21.1. The molecule has 0 amide bonds. The topological polar surface area (TPSA) is 66.5 Å². The number of benzene rings is 1. The molecule has 1 N–H and O–H groups in total. The Hall–Kier alpha value is -1.41. The van der Waals surface area contributed by atoms with E-state index >= 15 is 0 Å². The maximum absolute atomic E-state index is 13.0. The molecule has 1 aromatic rings. The van der Waals surface area contributed by atoms with Gasteiger partial charge in [0.15, 0.2) is 0 Å². The third-order valence-corrected chi connectivity index (χ3v) is 9.72. The molecule has 1 aliphatic carbocycles. The fourth-order valence-corrected chi connectivity index (χ4v) is 7.38. The smallest absolute Gasteiger partial charge is 0.240 e. The van der Waals surface area contributed by atoms with Gasteiger partial charge in [-0.3, -0.25) is 9.11 Å². The van der Waals surface area contributed by atoms with Crippen molar-refractivity contribution in [3.05, 3.63) is 58.5 Å². The fraction of sp³-hybridized carbons (Fsp3) is 0.577. The number of nitrogens with zero attached hydrogens (tertiary/aromatic N) is 1. The highest BCUT2D eigenvalue weighted by Crippen LogP contribution is 2.21. The summed E-state index contributed by atoms with van der Waals surface area (Å²) in [5, 5.41) is 0. The molecule has 33 heavy (non-hydrogen) atoms.